The molecule has 2 N–H and O–H groups in total. The van der Waals surface area contributed by atoms with Crippen LogP contribution in [0.2, 0.25) is 0 Å². The van der Waals surface area contributed by atoms with Crippen LogP contribution >= 0.6 is 0 Å². The van der Waals surface area contributed by atoms with Crippen LogP contribution in [0, 0.1) is 0 Å². The number of phenolic OH excluding ortho intramolecular Hbond substituents is 1. The monoisotopic (exact) mass is 455 g/mol. The molecule has 2 atom stereocenters. The standard InChI is InChI=1S/C25H33N3O5/c1-24(2,3)33-23(31)26-22-27(4)21(30)25(28(22)5,15-17-7-11-19(29)12-8-17)16-18-9-13-20(32-6)14-10-18/h7-14,21,29-30H,15-16H2,1-6H3/b26-22+/t21?,25-/m0/s1. The van der Waals surface area contributed by atoms with Gasteiger partial charge in [-0.3, -0.25) is 0 Å². The summed E-state index contributed by atoms with van der Waals surface area (Å²) in [6.07, 6.45) is -0.741. The van der Waals surface area contributed by atoms with Gasteiger partial charge in [0.1, 0.15) is 17.1 Å². The van der Waals surface area contributed by atoms with E-state index in [2.05, 4.69) is 4.99 Å². The number of aliphatic hydroxyl groups excluding tert-OH is 1. The molecule has 0 radical (unpaired) electrons. The van der Waals surface area contributed by atoms with Gasteiger partial charge in [-0.2, -0.15) is 0 Å². The first-order valence-corrected chi connectivity index (χ1v) is 10.8. The van der Waals surface area contributed by atoms with E-state index in [9.17, 15) is 15.0 Å². The minimum atomic E-state index is -0.959. The molecule has 1 unspecified atom stereocenters. The average Bonchev–Trinajstić information content (AvgIpc) is 2.91. The Morgan fingerprint density at radius 2 is 1.55 bits per heavy atom. The van der Waals surface area contributed by atoms with Gasteiger partial charge in [-0.05, 0) is 56.2 Å². The molecular formula is C25H33N3O5. The molecule has 2 aromatic rings. The molecule has 1 aliphatic rings. The van der Waals surface area contributed by atoms with Gasteiger partial charge in [0.2, 0.25) is 5.96 Å². The van der Waals surface area contributed by atoms with E-state index in [0.717, 1.165) is 16.9 Å². The Bertz CT molecular complexity index is 998. The second-order valence-electron chi connectivity index (χ2n) is 9.41. The van der Waals surface area contributed by atoms with E-state index in [1.807, 2.05) is 48.3 Å². The zero-order valence-corrected chi connectivity index (χ0v) is 20.1. The second-order valence-corrected chi connectivity index (χ2v) is 9.41. The summed E-state index contributed by atoms with van der Waals surface area (Å²) in [4.78, 5) is 20.1. The highest BCUT2D eigenvalue weighted by Gasteiger charge is 2.53. The summed E-state index contributed by atoms with van der Waals surface area (Å²) in [7, 11) is 5.14. The molecule has 8 heteroatoms. The van der Waals surface area contributed by atoms with E-state index in [4.69, 9.17) is 9.47 Å². The second kappa shape index (κ2) is 9.31. The Balaban J connectivity index is 2.02. The number of phenols is 1. The minimum absolute atomic E-state index is 0.174. The molecular weight excluding hydrogens is 422 g/mol. The SMILES string of the molecule is COc1ccc(C[C@@]2(Cc3ccc(O)cc3)C(O)N(C)/C(=N\C(=O)OC(C)(C)C)N2C)cc1. The Labute approximate surface area is 195 Å². The van der Waals surface area contributed by atoms with E-state index in [-0.39, 0.29) is 5.75 Å². The fourth-order valence-corrected chi connectivity index (χ4v) is 4.15. The summed E-state index contributed by atoms with van der Waals surface area (Å²) in [6.45, 7) is 5.34. The topological polar surface area (TPSA) is 94.8 Å². The number of guanidine groups is 1. The van der Waals surface area contributed by atoms with Crippen LogP contribution in [0.25, 0.3) is 0 Å². The average molecular weight is 456 g/mol. The number of methoxy groups -OCH3 is 1. The first kappa shape index (κ1) is 24.4. The van der Waals surface area contributed by atoms with Gasteiger partial charge in [0.25, 0.3) is 0 Å². The maximum absolute atomic E-state index is 12.5. The van der Waals surface area contributed by atoms with E-state index in [1.54, 1.807) is 52.0 Å². The van der Waals surface area contributed by atoms with Gasteiger partial charge >= 0.3 is 6.09 Å². The van der Waals surface area contributed by atoms with Crippen LogP contribution < -0.4 is 4.74 Å². The summed E-state index contributed by atoms with van der Waals surface area (Å²) >= 11 is 0. The Morgan fingerprint density at radius 1 is 1.03 bits per heavy atom. The van der Waals surface area contributed by atoms with Crippen LogP contribution in [0.3, 0.4) is 0 Å². The van der Waals surface area contributed by atoms with Gasteiger partial charge in [-0.25, -0.2) is 4.79 Å². The minimum Gasteiger partial charge on any atom is -0.508 e. The Morgan fingerprint density at radius 3 is 2.03 bits per heavy atom. The molecule has 0 bridgehead atoms. The van der Waals surface area contributed by atoms with Gasteiger partial charge in [-0.15, -0.1) is 4.99 Å². The zero-order chi connectivity index (χ0) is 24.4. The Hall–Kier alpha value is -3.26. The molecule has 0 aromatic heterocycles. The van der Waals surface area contributed by atoms with Crippen LogP contribution in [0.15, 0.2) is 53.5 Å². The van der Waals surface area contributed by atoms with Crippen molar-refractivity contribution in [2.45, 2.75) is 51.0 Å². The number of likely N-dealkylation sites (N-methyl/N-ethyl adjacent to an activating group) is 2. The lowest BCUT2D eigenvalue weighted by molar-refractivity contribution is -0.00984. The zero-order valence-electron chi connectivity index (χ0n) is 20.1. The van der Waals surface area contributed by atoms with Crippen molar-refractivity contribution in [1.29, 1.82) is 0 Å². The number of aliphatic hydroxyl groups is 1. The molecule has 1 heterocycles. The highest BCUT2D eigenvalue weighted by atomic mass is 16.6. The summed E-state index contributed by atoms with van der Waals surface area (Å²) in [5.41, 5.74) is 0.412. The van der Waals surface area contributed by atoms with Crippen molar-refractivity contribution in [2.75, 3.05) is 21.2 Å². The lowest BCUT2D eigenvalue weighted by Gasteiger charge is -2.38. The van der Waals surface area contributed by atoms with E-state index in [1.165, 1.54) is 0 Å². The van der Waals surface area contributed by atoms with E-state index >= 15 is 0 Å². The highest BCUT2D eigenvalue weighted by Crippen LogP contribution is 2.37. The van der Waals surface area contributed by atoms with Gasteiger partial charge in [-0.1, -0.05) is 24.3 Å². The van der Waals surface area contributed by atoms with Crippen molar-refractivity contribution >= 4 is 12.1 Å². The smallest absolute Gasteiger partial charge is 0.437 e. The fraction of sp³-hybridized carbons (Fsp3) is 0.440. The number of benzene rings is 2. The Kier molecular flexibility index (Phi) is 6.88. The lowest BCUT2D eigenvalue weighted by Crippen LogP contribution is -2.54. The van der Waals surface area contributed by atoms with Crippen LogP contribution in [0.4, 0.5) is 4.79 Å². The molecule has 1 saturated heterocycles. The van der Waals surface area contributed by atoms with Crippen molar-refractivity contribution in [3.05, 3.63) is 59.7 Å². The molecule has 3 rings (SSSR count). The molecule has 0 aliphatic carbocycles. The number of aliphatic imine (C=N–C) groups is 1. The maximum Gasteiger partial charge on any atom is 0.437 e. The number of nitrogens with zero attached hydrogens (tertiary/aromatic N) is 3. The summed E-state index contributed by atoms with van der Waals surface area (Å²) < 4.78 is 10.6. The fourth-order valence-electron chi connectivity index (χ4n) is 4.15. The number of hydrogen-bond donors (Lipinski definition) is 2. The normalized spacial score (nSPS) is 22.0. The van der Waals surface area contributed by atoms with E-state index in [0.29, 0.717) is 18.8 Å². The van der Waals surface area contributed by atoms with E-state index < -0.39 is 23.5 Å². The number of rotatable bonds is 5. The maximum atomic E-state index is 12.5. The number of carbonyl (C=O) groups excluding carboxylic acids is 1. The van der Waals surface area contributed by atoms with Crippen LogP contribution in [0.1, 0.15) is 31.9 Å². The first-order valence-electron chi connectivity index (χ1n) is 10.8. The number of carbonyl (C=O) groups is 1. The van der Waals surface area contributed by atoms with Crippen molar-refractivity contribution in [3.63, 3.8) is 0 Å². The molecule has 0 saturated carbocycles. The number of amides is 1. The molecule has 1 amide bonds. The van der Waals surface area contributed by atoms with Gasteiger partial charge in [0.05, 0.1) is 12.6 Å². The molecule has 8 nitrogen and oxygen atoms in total. The quantitative estimate of drug-likeness (QED) is 0.713. The summed E-state index contributed by atoms with van der Waals surface area (Å²) in [5.74, 6) is 1.24. The van der Waals surface area contributed by atoms with Crippen molar-refractivity contribution in [3.8, 4) is 11.5 Å². The molecule has 178 valence electrons. The highest BCUT2D eigenvalue weighted by molar-refractivity contribution is 5.92. The molecule has 1 aliphatic heterocycles. The lowest BCUT2D eigenvalue weighted by atomic mass is 9.82. The molecule has 1 fully saturated rings. The van der Waals surface area contributed by atoms with Crippen LogP contribution in [-0.4, -0.2) is 70.6 Å². The predicted molar refractivity (Wildman–Crippen MR) is 126 cm³/mol. The van der Waals surface area contributed by atoms with Crippen molar-refractivity contribution in [2.24, 2.45) is 4.99 Å². The molecule has 2 aromatic carbocycles. The number of hydrogen-bond acceptors (Lipinski definition) is 5. The molecule has 33 heavy (non-hydrogen) atoms. The first-order chi connectivity index (χ1) is 15.4. The third-order valence-corrected chi connectivity index (χ3v) is 5.83. The summed E-state index contributed by atoms with van der Waals surface area (Å²) in [6, 6.07) is 14.6. The van der Waals surface area contributed by atoms with Gasteiger partial charge in [0.15, 0.2) is 6.23 Å². The predicted octanol–water partition coefficient (Wildman–Crippen LogP) is 3.41. The number of aromatic hydroxyl groups is 1. The van der Waals surface area contributed by atoms with Crippen LogP contribution in [0.5, 0.6) is 11.5 Å². The van der Waals surface area contributed by atoms with Crippen molar-refractivity contribution < 1.29 is 24.5 Å². The number of ether oxygens (including phenoxy) is 2. The third kappa shape index (κ3) is 5.39. The van der Waals surface area contributed by atoms with Crippen molar-refractivity contribution in [1.82, 2.24) is 9.80 Å². The third-order valence-electron chi connectivity index (χ3n) is 5.83. The van der Waals surface area contributed by atoms with Crippen LogP contribution in [-0.2, 0) is 17.6 Å². The molecule has 0 spiro atoms. The summed E-state index contributed by atoms with van der Waals surface area (Å²) in [5, 5.41) is 21.1. The van der Waals surface area contributed by atoms with Gasteiger partial charge < -0.3 is 29.5 Å². The van der Waals surface area contributed by atoms with Gasteiger partial charge in [0, 0.05) is 26.9 Å². The largest absolute Gasteiger partial charge is 0.508 e.